The fourth-order valence-corrected chi connectivity index (χ4v) is 4.51. The van der Waals surface area contributed by atoms with Gasteiger partial charge in [0.25, 0.3) is 0 Å². The highest BCUT2D eigenvalue weighted by Crippen LogP contribution is 2.19. The van der Waals surface area contributed by atoms with Crippen LogP contribution in [0.4, 0.5) is 4.79 Å². The number of unbranched alkanes of at least 4 members (excludes halogenated alkanes) is 11. The molecule has 1 fully saturated rings. The van der Waals surface area contributed by atoms with E-state index in [2.05, 4.69) is 17.6 Å². The van der Waals surface area contributed by atoms with Crippen LogP contribution in [0.1, 0.15) is 130 Å². The van der Waals surface area contributed by atoms with Gasteiger partial charge in [0.2, 0.25) is 11.8 Å². The predicted octanol–water partition coefficient (Wildman–Crippen LogP) is 6.10. The van der Waals surface area contributed by atoms with Crippen LogP contribution in [-0.2, 0) is 14.3 Å². The Labute approximate surface area is 214 Å². The van der Waals surface area contributed by atoms with Crippen molar-refractivity contribution >= 4 is 17.9 Å². The van der Waals surface area contributed by atoms with Crippen LogP contribution < -0.4 is 10.6 Å². The van der Waals surface area contributed by atoms with Crippen LogP contribution in [-0.4, -0.2) is 54.1 Å². The summed E-state index contributed by atoms with van der Waals surface area (Å²) in [6, 6.07) is -0.306. The lowest BCUT2D eigenvalue weighted by Crippen LogP contribution is -2.46. The average molecular weight is 496 g/mol. The molecule has 0 aromatic rings. The van der Waals surface area contributed by atoms with Gasteiger partial charge in [-0.2, -0.15) is 0 Å². The molecule has 0 saturated carbocycles. The molecule has 1 aliphatic rings. The van der Waals surface area contributed by atoms with E-state index in [0.29, 0.717) is 26.1 Å². The third-order valence-electron chi connectivity index (χ3n) is 6.44. The predicted molar refractivity (Wildman–Crippen MR) is 142 cm³/mol. The highest BCUT2D eigenvalue weighted by Gasteiger charge is 2.33. The van der Waals surface area contributed by atoms with E-state index in [0.717, 1.165) is 44.9 Å². The number of hydrogen-bond acceptors (Lipinski definition) is 4. The van der Waals surface area contributed by atoms with Crippen molar-refractivity contribution < 1.29 is 19.1 Å². The summed E-state index contributed by atoms with van der Waals surface area (Å²) in [5.74, 6) is 0.0787. The molecule has 3 amide bonds. The first-order chi connectivity index (χ1) is 16.7. The molecule has 0 aromatic heterocycles. The standard InChI is InChI=1S/C28H53N3O4/c1-5-6-7-8-9-10-11-12-13-16-21-29-26(33)24-19-18-23-31(24)25(32)20-15-14-17-22-30-27(34)35-28(2,3)4/h24H,5-23H2,1-4H3,(H,29,33)(H,30,34)/t24-/m0/s1. The lowest BCUT2D eigenvalue weighted by Gasteiger charge is -2.24. The molecule has 2 N–H and O–H groups in total. The largest absolute Gasteiger partial charge is 0.444 e. The van der Waals surface area contributed by atoms with E-state index in [4.69, 9.17) is 4.74 Å². The first-order valence-corrected chi connectivity index (χ1v) is 14.3. The number of likely N-dealkylation sites (tertiary alicyclic amines) is 1. The van der Waals surface area contributed by atoms with Gasteiger partial charge in [0.15, 0.2) is 0 Å². The van der Waals surface area contributed by atoms with Gasteiger partial charge in [0.1, 0.15) is 11.6 Å². The van der Waals surface area contributed by atoms with Crippen LogP contribution >= 0.6 is 0 Å². The highest BCUT2D eigenvalue weighted by molar-refractivity contribution is 5.88. The molecule has 0 unspecified atom stereocenters. The zero-order valence-corrected chi connectivity index (χ0v) is 23.1. The maximum Gasteiger partial charge on any atom is 0.407 e. The molecule has 1 atom stereocenters. The summed E-state index contributed by atoms with van der Waals surface area (Å²) in [5, 5.41) is 5.80. The minimum absolute atomic E-state index is 0.00772. The van der Waals surface area contributed by atoms with Crippen molar-refractivity contribution in [1.29, 1.82) is 0 Å². The van der Waals surface area contributed by atoms with Crippen molar-refractivity contribution in [3.8, 4) is 0 Å². The van der Waals surface area contributed by atoms with E-state index in [1.54, 1.807) is 4.90 Å². The van der Waals surface area contributed by atoms with Gasteiger partial charge in [-0.1, -0.05) is 71.1 Å². The number of hydrogen-bond donors (Lipinski definition) is 2. The second kappa shape index (κ2) is 18.5. The Hall–Kier alpha value is -1.79. The molecule has 1 rings (SSSR count). The first-order valence-electron chi connectivity index (χ1n) is 14.3. The van der Waals surface area contributed by atoms with Crippen molar-refractivity contribution in [2.45, 2.75) is 142 Å². The number of rotatable bonds is 18. The number of alkyl carbamates (subject to hydrolysis) is 1. The number of carbonyl (C=O) groups is 3. The molecular formula is C28H53N3O4. The van der Waals surface area contributed by atoms with E-state index in [1.165, 1.54) is 51.4 Å². The number of nitrogens with zero attached hydrogens (tertiary/aromatic N) is 1. The molecule has 1 heterocycles. The van der Waals surface area contributed by atoms with Crippen LogP contribution in [0.3, 0.4) is 0 Å². The van der Waals surface area contributed by atoms with Gasteiger partial charge in [-0.05, 0) is 52.9 Å². The van der Waals surface area contributed by atoms with Crippen LogP contribution in [0.2, 0.25) is 0 Å². The molecule has 0 aromatic carbocycles. The summed E-state index contributed by atoms with van der Waals surface area (Å²) in [7, 11) is 0. The lowest BCUT2D eigenvalue weighted by atomic mass is 10.1. The van der Waals surface area contributed by atoms with Crippen molar-refractivity contribution in [1.82, 2.24) is 15.5 Å². The smallest absolute Gasteiger partial charge is 0.407 e. The molecule has 7 nitrogen and oxygen atoms in total. The van der Waals surface area contributed by atoms with Gasteiger partial charge in [0.05, 0.1) is 0 Å². The Morgan fingerprint density at radius 2 is 1.34 bits per heavy atom. The molecule has 35 heavy (non-hydrogen) atoms. The molecule has 0 bridgehead atoms. The molecule has 7 heteroatoms. The fourth-order valence-electron chi connectivity index (χ4n) is 4.51. The van der Waals surface area contributed by atoms with Gasteiger partial charge in [-0.3, -0.25) is 9.59 Å². The summed E-state index contributed by atoms with van der Waals surface area (Å²) >= 11 is 0. The third kappa shape index (κ3) is 15.7. The number of carbonyl (C=O) groups excluding carboxylic acids is 3. The molecule has 1 aliphatic heterocycles. The SMILES string of the molecule is CCCCCCCCCCCCNC(=O)[C@@H]1CCCN1C(=O)CCCCCNC(=O)OC(C)(C)C. The fraction of sp³-hybridized carbons (Fsp3) is 0.893. The van der Waals surface area contributed by atoms with Crippen molar-refractivity contribution in [2.75, 3.05) is 19.6 Å². The Balaban J connectivity index is 2.09. The lowest BCUT2D eigenvalue weighted by molar-refractivity contribution is -0.138. The van der Waals surface area contributed by atoms with Gasteiger partial charge in [-0.25, -0.2) is 4.79 Å². The minimum atomic E-state index is -0.498. The molecule has 0 aliphatic carbocycles. The normalized spacial score (nSPS) is 15.8. The van der Waals surface area contributed by atoms with Gasteiger partial charge in [-0.15, -0.1) is 0 Å². The van der Waals surface area contributed by atoms with E-state index in [-0.39, 0.29) is 17.9 Å². The van der Waals surface area contributed by atoms with Gasteiger partial charge in [0, 0.05) is 26.1 Å². The van der Waals surface area contributed by atoms with Crippen LogP contribution in [0.25, 0.3) is 0 Å². The number of nitrogens with one attached hydrogen (secondary N) is 2. The Morgan fingerprint density at radius 3 is 1.94 bits per heavy atom. The summed E-state index contributed by atoms with van der Waals surface area (Å²) in [6.45, 7) is 9.68. The quantitative estimate of drug-likeness (QED) is 0.225. The van der Waals surface area contributed by atoms with Crippen LogP contribution in [0.15, 0.2) is 0 Å². The Bertz CT molecular complexity index is 604. The van der Waals surface area contributed by atoms with Crippen LogP contribution in [0, 0.1) is 0 Å². The zero-order chi connectivity index (χ0) is 25.9. The molecule has 0 spiro atoms. The Kier molecular flexibility index (Phi) is 16.5. The van der Waals surface area contributed by atoms with Gasteiger partial charge >= 0.3 is 6.09 Å². The number of amides is 3. The molecule has 0 radical (unpaired) electrons. The summed E-state index contributed by atoms with van der Waals surface area (Å²) in [4.78, 5) is 38.7. The minimum Gasteiger partial charge on any atom is -0.444 e. The summed E-state index contributed by atoms with van der Waals surface area (Å²) < 4.78 is 5.21. The first kappa shape index (κ1) is 31.2. The van der Waals surface area contributed by atoms with Crippen LogP contribution in [0.5, 0.6) is 0 Å². The van der Waals surface area contributed by atoms with E-state index in [1.807, 2.05) is 20.8 Å². The van der Waals surface area contributed by atoms with Crippen molar-refractivity contribution in [2.24, 2.45) is 0 Å². The maximum atomic E-state index is 12.7. The average Bonchev–Trinajstić information content (AvgIpc) is 3.28. The maximum absolute atomic E-state index is 12.7. The van der Waals surface area contributed by atoms with E-state index in [9.17, 15) is 14.4 Å². The molecular weight excluding hydrogens is 442 g/mol. The topological polar surface area (TPSA) is 87.7 Å². The zero-order valence-electron chi connectivity index (χ0n) is 23.1. The second-order valence-corrected chi connectivity index (χ2v) is 11.0. The van der Waals surface area contributed by atoms with E-state index >= 15 is 0 Å². The molecule has 1 saturated heterocycles. The van der Waals surface area contributed by atoms with Crippen molar-refractivity contribution in [3.05, 3.63) is 0 Å². The van der Waals surface area contributed by atoms with Gasteiger partial charge < -0.3 is 20.3 Å². The number of ether oxygens (including phenoxy) is 1. The second-order valence-electron chi connectivity index (χ2n) is 11.0. The summed E-state index contributed by atoms with van der Waals surface area (Å²) in [6.07, 6.45) is 16.9. The summed E-state index contributed by atoms with van der Waals surface area (Å²) in [5.41, 5.74) is -0.498. The van der Waals surface area contributed by atoms with E-state index < -0.39 is 11.7 Å². The van der Waals surface area contributed by atoms with Crippen molar-refractivity contribution in [3.63, 3.8) is 0 Å². The monoisotopic (exact) mass is 495 g/mol. The Morgan fingerprint density at radius 1 is 0.800 bits per heavy atom. The molecule has 204 valence electrons. The third-order valence-corrected chi connectivity index (χ3v) is 6.44. The highest BCUT2D eigenvalue weighted by atomic mass is 16.6.